The largest absolute Gasteiger partial charge is 0.487 e. The van der Waals surface area contributed by atoms with Crippen LogP contribution in [0, 0.1) is 10.1 Å². The van der Waals surface area contributed by atoms with Crippen molar-refractivity contribution in [3.8, 4) is 5.75 Å². The maximum absolute atomic E-state index is 12.2. The maximum atomic E-state index is 12.2. The number of hydrogen-bond donors (Lipinski definition) is 1. The highest BCUT2D eigenvalue weighted by molar-refractivity contribution is 6.03. The van der Waals surface area contributed by atoms with Gasteiger partial charge in [0, 0.05) is 25.4 Å². The van der Waals surface area contributed by atoms with Gasteiger partial charge in [-0.15, -0.1) is 0 Å². The van der Waals surface area contributed by atoms with Crippen molar-refractivity contribution in [2.75, 3.05) is 11.9 Å². The van der Waals surface area contributed by atoms with E-state index in [1.807, 2.05) is 0 Å². The average Bonchev–Trinajstić information content (AvgIpc) is 2.91. The highest BCUT2D eigenvalue weighted by Gasteiger charge is 2.15. The average molecular weight is 326 g/mol. The zero-order valence-corrected chi connectivity index (χ0v) is 11.9. The lowest BCUT2D eigenvalue weighted by atomic mass is 10.2. The summed E-state index contributed by atoms with van der Waals surface area (Å²) in [5.41, 5.74) is -0.249. The van der Waals surface area contributed by atoms with Crippen LogP contribution in [-0.4, -0.2) is 33.6 Å². The molecule has 1 amide bonds. The number of aryl methyl sites for hydroxylation is 1. The highest BCUT2D eigenvalue weighted by Crippen LogP contribution is 2.26. The molecule has 2 aromatic rings. The third-order valence-electron chi connectivity index (χ3n) is 2.68. The minimum Gasteiger partial charge on any atom is -0.487 e. The molecule has 0 aliphatic rings. The molecule has 10 heteroatoms. The number of nitrogens with zero attached hydrogens (tertiary/aromatic N) is 3. The van der Waals surface area contributed by atoms with E-state index < -0.39 is 29.6 Å². The van der Waals surface area contributed by atoms with Crippen LogP contribution in [0.3, 0.4) is 0 Å². The Morgan fingerprint density at radius 1 is 1.48 bits per heavy atom. The molecule has 1 aromatic heterocycles. The Labute approximate surface area is 128 Å². The van der Waals surface area contributed by atoms with Crippen molar-refractivity contribution < 1.29 is 23.2 Å². The number of rotatable bonds is 6. The Morgan fingerprint density at radius 2 is 2.22 bits per heavy atom. The first kappa shape index (κ1) is 16.3. The van der Waals surface area contributed by atoms with E-state index in [0.717, 1.165) is 12.1 Å². The standard InChI is InChI=1S/C13H12F2N4O4/c1-18-3-2-11(17-18)13(20)16-8-4-9(19(21)22)6-10(5-8)23-7-12(14)15/h2-6,12H,7H2,1H3,(H,16,20). The molecule has 0 spiro atoms. The monoisotopic (exact) mass is 326 g/mol. The summed E-state index contributed by atoms with van der Waals surface area (Å²) in [7, 11) is 1.63. The summed E-state index contributed by atoms with van der Waals surface area (Å²) in [4.78, 5) is 22.1. The summed E-state index contributed by atoms with van der Waals surface area (Å²) in [6.07, 6.45) is -1.17. The summed E-state index contributed by atoms with van der Waals surface area (Å²) < 4.78 is 30.5. The van der Waals surface area contributed by atoms with E-state index in [-0.39, 0.29) is 17.1 Å². The number of aromatic nitrogens is 2. The van der Waals surface area contributed by atoms with Crippen molar-refractivity contribution in [2.24, 2.45) is 7.05 Å². The number of carbonyl (C=O) groups is 1. The Kier molecular flexibility index (Phi) is 4.84. The number of benzene rings is 1. The molecule has 0 saturated carbocycles. The molecule has 0 atom stereocenters. The summed E-state index contributed by atoms with van der Waals surface area (Å²) >= 11 is 0. The molecule has 1 heterocycles. The van der Waals surface area contributed by atoms with Gasteiger partial charge in [-0.3, -0.25) is 19.6 Å². The number of nitro benzene ring substituents is 1. The summed E-state index contributed by atoms with van der Waals surface area (Å²) in [5.74, 6) is -0.735. The van der Waals surface area contributed by atoms with Crippen molar-refractivity contribution >= 4 is 17.3 Å². The second-order valence-electron chi connectivity index (χ2n) is 4.50. The van der Waals surface area contributed by atoms with Crippen molar-refractivity contribution in [3.05, 3.63) is 46.3 Å². The number of ether oxygens (including phenoxy) is 1. The molecule has 0 bridgehead atoms. The van der Waals surface area contributed by atoms with E-state index >= 15 is 0 Å². The van der Waals surface area contributed by atoms with Crippen LogP contribution >= 0.6 is 0 Å². The van der Waals surface area contributed by atoms with Crippen molar-refractivity contribution in [3.63, 3.8) is 0 Å². The summed E-state index contributed by atoms with van der Waals surface area (Å²) in [6, 6.07) is 4.77. The minimum atomic E-state index is -2.72. The van der Waals surface area contributed by atoms with Gasteiger partial charge in [-0.05, 0) is 6.07 Å². The zero-order chi connectivity index (χ0) is 17.0. The number of amides is 1. The van der Waals surface area contributed by atoms with Gasteiger partial charge >= 0.3 is 0 Å². The molecule has 23 heavy (non-hydrogen) atoms. The molecule has 2 rings (SSSR count). The Hall–Kier alpha value is -3.04. The van der Waals surface area contributed by atoms with E-state index in [9.17, 15) is 23.7 Å². The van der Waals surface area contributed by atoms with Gasteiger partial charge in [0.05, 0.1) is 16.7 Å². The molecule has 8 nitrogen and oxygen atoms in total. The summed E-state index contributed by atoms with van der Waals surface area (Å²) in [5, 5.41) is 17.2. The third-order valence-corrected chi connectivity index (χ3v) is 2.68. The van der Waals surface area contributed by atoms with E-state index in [0.29, 0.717) is 0 Å². The fourth-order valence-electron chi connectivity index (χ4n) is 1.73. The van der Waals surface area contributed by atoms with Crippen LogP contribution in [0.1, 0.15) is 10.5 Å². The molecule has 0 saturated heterocycles. The van der Waals surface area contributed by atoms with Gasteiger partial charge in [0.1, 0.15) is 12.4 Å². The van der Waals surface area contributed by atoms with Crippen LogP contribution in [0.4, 0.5) is 20.2 Å². The number of non-ortho nitro benzene ring substituents is 1. The number of hydrogen-bond acceptors (Lipinski definition) is 5. The van der Waals surface area contributed by atoms with Crippen LogP contribution in [0.5, 0.6) is 5.75 Å². The molecule has 0 aliphatic carbocycles. The lowest BCUT2D eigenvalue weighted by molar-refractivity contribution is -0.384. The molecule has 122 valence electrons. The minimum absolute atomic E-state index is 0.0409. The van der Waals surface area contributed by atoms with E-state index in [1.54, 1.807) is 13.2 Å². The number of nitrogens with one attached hydrogen (secondary N) is 1. The number of nitro groups is 1. The smallest absolute Gasteiger partial charge is 0.276 e. The molecular weight excluding hydrogens is 314 g/mol. The van der Waals surface area contributed by atoms with Crippen LogP contribution in [-0.2, 0) is 7.05 Å². The topological polar surface area (TPSA) is 99.3 Å². The van der Waals surface area contributed by atoms with Gasteiger partial charge in [0.2, 0.25) is 0 Å². The molecular formula is C13H12F2N4O4. The fourth-order valence-corrected chi connectivity index (χ4v) is 1.73. The first-order valence-electron chi connectivity index (χ1n) is 6.36. The van der Waals surface area contributed by atoms with Gasteiger partial charge in [-0.25, -0.2) is 8.78 Å². The van der Waals surface area contributed by atoms with Crippen LogP contribution in [0.25, 0.3) is 0 Å². The molecule has 0 radical (unpaired) electrons. The molecule has 0 aliphatic heterocycles. The highest BCUT2D eigenvalue weighted by atomic mass is 19.3. The van der Waals surface area contributed by atoms with Gasteiger partial charge < -0.3 is 10.1 Å². The number of halogens is 2. The first-order valence-corrected chi connectivity index (χ1v) is 6.36. The predicted molar refractivity (Wildman–Crippen MR) is 75.8 cm³/mol. The van der Waals surface area contributed by atoms with Crippen LogP contribution < -0.4 is 10.1 Å². The molecule has 1 aromatic carbocycles. The normalized spacial score (nSPS) is 10.6. The zero-order valence-electron chi connectivity index (χ0n) is 11.9. The second-order valence-corrected chi connectivity index (χ2v) is 4.50. The second kappa shape index (κ2) is 6.81. The van der Waals surface area contributed by atoms with Gasteiger partial charge in [0.25, 0.3) is 18.0 Å². The van der Waals surface area contributed by atoms with Gasteiger partial charge in [0.15, 0.2) is 5.69 Å². The van der Waals surface area contributed by atoms with E-state index in [2.05, 4.69) is 10.4 Å². The molecule has 0 unspecified atom stereocenters. The molecule has 1 N–H and O–H groups in total. The Balaban J connectivity index is 2.22. The van der Waals surface area contributed by atoms with E-state index in [1.165, 1.54) is 16.8 Å². The quantitative estimate of drug-likeness (QED) is 0.648. The van der Waals surface area contributed by atoms with Crippen molar-refractivity contribution in [1.82, 2.24) is 9.78 Å². The predicted octanol–water partition coefficient (Wildman–Crippen LogP) is 2.22. The number of anilines is 1. The summed E-state index contributed by atoms with van der Waals surface area (Å²) in [6.45, 7) is -0.908. The number of carbonyl (C=O) groups excluding carboxylic acids is 1. The lowest BCUT2D eigenvalue weighted by Gasteiger charge is -2.08. The SMILES string of the molecule is Cn1ccc(C(=O)Nc2cc(OCC(F)F)cc([N+](=O)[O-])c2)n1. The van der Waals surface area contributed by atoms with Gasteiger partial charge in [-0.2, -0.15) is 5.10 Å². The lowest BCUT2D eigenvalue weighted by Crippen LogP contribution is -2.13. The third kappa shape index (κ3) is 4.46. The van der Waals surface area contributed by atoms with Crippen molar-refractivity contribution in [1.29, 1.82) is 0 Å². The van der Waals surface area contributed by atoms with E-state index in [4.69, 9.17) is 4.74 Å². The van der Waals surface area contributed by atoms with Crippen molar-refractivity contribution in [2.45, 2.75) is 6.43 Å². The first-order chi connectivity index (χ1) is 10.8. The Morgan fingerprint density at radius 3 is 2.78 bits per heavy atom. The maximum Gasteiger partial charge on any atom is 0.276 e. The van der Waals surface area contributed by atoms with Gasteiger partial charge in [-0.1, -0.05) is 0 Å². The van der Waals surface area contributed by atoms with Crippen LogP contribution in [0.2, 0.25) is 0 Å². The fraction of sp³-hybridized carbons (Fsp3) is 0.231. The Bertz CT molecular complexity index is 733. The number of alkyl halides is 2. The molecule has 0 fully saturated rings. The van der Waals surface area contributed by atoms with Crippen LogP contribution in [0.15, 0.2) is 30.5 Å².